The molecular weight excluding hydrogens is 262 g/mol. The van der Waals surface area contributed by atoms with E-state index in [9.17, 15) is 14.4 Å². The minimum absolute atomic E-state index is 0.000692. The number of aromatic carboxylic acids is 1. The topological polar surface area (TPSA) is 92.7 Å². The van der Waals surface area contributed by atoms with E-state index in [1.165, 1.54) is 13.2 Å². The van der Waals surface area contributed by atoms with Crippen molar-refractivity contribution in [1.82, 2.24) is 5.32 Å². The zero-order valence-corrected chi connectivity index (χ0v) is 11.2. The molecule has 0 atom stereocenters. The SMILES string of the molecule is COC(=O)CCCNC(=O)Cc1ccccc1C(=O)O. The average molecular weight is 279 g/mol. The molecule has 0 saturated heterocycles. The van der Waals surface area contributed by atoms with Crippen LogP contribution in [0.25, 0.3) is 0 Å². The van der Waals surface area contributed by atoms with E-state index in [0.717, 1.165) is 0 Å². The van der Waals surface area contributed by atoms with Gasteiger partial charge in [-0.2, -0.15) is 0 Å². The van der Waals surface area contributed by atoms with Crippen molar-refractivity contribution in [2.24, 2.45) is 0 Å². The van der Waals surface area contributed by atoms with E-state index in [0.29, 0.717) is 18.5 Å². The van der Waals surface area contributed by atoms with Gasteiger partial charge in [0.2, 0.25) is 5.91 Å². The van der Waals surface area contributed by atoms with Gasteiger partial charge in [0.1, 0.15) is 0 Å². The number of carbonyl (C=O) groups excluding carboxylic acids is 2. The van der Waals surface area contributed by atoms with E-state index in [-0.39, 0.29) is 30.3 Å². The summed E-state index contributed by atoms with van der Waals surface area (Å²) in [7, 11) is 1.31. The lowest BCUT2D eigenvalue weighted by atomic mass is 10.0. The van der Waals surface area contributed by atoms with Crippen molar-refractivity contribution in [1.29, 1.82) is 0 Å². The molecule has 0 aliphatic rings. The first kappa shape index (κ1) is 15.7. The van der Waals surface area contributed by atoms with Crippen LogP contribution in [0.1, 0.15) is 28.8 Å². The molecule has 0 fully saturated rings. The first-order valence-electron chi connectivity index (χ1n) is 6.19. The molecule has 0 aromatic heterocycles. The number of carboxylic acids is 1. The molecule has 0 spiro atoms. The van der Waals surface area contributed by atoms with E-state index in [4.69, 9.17) is 5.11 Å². The molecule has 1 amide bonds. The third-order valence-electron chi connectivity index (χ3n) is 2.71. The van der Waals surface area contributed by atoms with E-state index < -0.39 is 5.97 Å². The van der Waals surface area contributed by atoms with Crippen molar-refractivity contribution >= 4 is 17.8 Å². The summed E-state index contributed by atoms with van der Waals surface area (Å²) < 4.78 is 4.48. The normalized spacial score (nSPS) is 9.85. The summed E-state index contributed by atoms with van der Waals surface area (Å²) in [5.41, 5.74) is 0.586. The summed E-state index contributed by atoms with van der Waals surface area (Å²) in [5, 5.41) is 11.6. The lowest BCUT2D eigenvalue weighted by Crippen LogP contribution is -2.27. The van der Waals surface area contributed by atoms with Crippen molar-refractivity contribution in [2.45, 2.75) is 19.3 Å². The van der Waals surface area contributed by atoms with Gasteiger partial charge >= 0.3 is 11.9 Å². The number of carbonyl (C=O) groups is 3. The lowest BCUT2D eigenvalue weighted by molar-refractivity contribution is -0.140. The largest absolute Gasteiger partial charge is 0.478 e. The van der Waals surface area contributed by atoms with Crippen LogP contribution in [-0.4, -0.2) is 36.6 Å². The highest BCUT2D eigenvalue weighted by molar-refractivity contribution is 5.91. The van der Waals surface area contributed by atoms with E-state index in [1.807, 2.05) is 0 Å². The second kappa shape index (κ2) is 7.93. The first-order valence-corrected chi connectivity index (χ1v) is 6.19. The molecule has 6 nitrogen and oxygen atoms in total. The monoisotopic (exact) mass is 279 g/mol. The predicted octanol–water partition coefficient (Wildman–Crippen LogP) is 0.997. The van der Waals surface area contributed by atoms with Gasteiger partial charge in [0, 0.05) is 13.0 Å². The highest BCUT2D eigenvalue weighted by Crippen LogP contribution is 2.09. The highest BCUT2D eigenvalue weighted by Gasteiger charge is 2.12. The van der Waals surface area contributed by atoms with Crippen molar-refractivity contribution in [3.05, 3.63) is 35.4 Å². The molecule has 0 bridgehead atoms. The summed E-state index contributed by atoms with van der Waals surface area (Å²) in [4.78, 5) is 33.5. The Morgan fingerprint density at radius 2 is 1.95 bits per heavy atom. The molecule has 1 aromatic carbocycles. The number of nitrogens with one attached hydrogen (secondary N) is 1. The second-order valence-electron chi connectivity index (χ2n) is 4.17. The number of esters is 1. The van der Waals surface area contributed by atoms with E-state index in [2.05, 4.69) is 10.1 Å². The molecule has 0 saturated carbocycles. The van der Waals surface area contributed by atoms with Crippen LogP contribution in [0.4, 0.5) is 0 Å². The van der Waals surface area contributed by atoms with Crippen molar-refractivity contribution < 1.29 is 24.2 Å². The van der Waals surface area contributed by atoms with Crippen LogP contribution in [0.15, 0.2) is 24.3 Å². The van der Waals surface area contributed by atoms with Crippen LogP contribution in [-0.2, 0) is 20.7 Å². The second-order valence-corrected chi connectivity index (χ2v) is 4.17. The third-order valence-corrected chi connectivity index (χ3v) is 2.71. The van der Waals surface area contributed by atoms with Gasteiger partial charge in [-0.3, -0.25) is 9.59 Å². The molecule has 0 aliphatic carbocycles. The zero-order valence-electron chi connectivity index (χ0n) is 11.2. The highest BCUT2D eigenvalue weighted by atomic mass is 16.5. The molecule has 1 aromatic rings. The van der Waals surface area contributed by atoms with Gasteiger partial charge < -0.3 is 15.2 Å². The maximum atomic E-state index is 11.7. The minimum Gasteiger partial charge on any atom is -0.478 e. The number of hydrogen-bond donors (Lipinski definition) is 2. The van der Waals surface area contributed by atoms with Crippen LogP contribution in [0.3, 0.4) is 0 Å². The van der Waals surface area contributed by atoms with Gasteiger partial charge in [0.15, 0.2) is 0 Å². The van der Waals surface area contributed by atoms with Crippen LogP contribution < -0.4 is 5.32 Å². The molecule has 1 rings (SSSR count). The third kappa shape index (κ3) is 5.09. The minimum atomic E-state index is -1.06. The molecule has 108 valence electrons. The summed E-state index contributed by atoms with van der Waals surface area (Å²) in [6.07, 6.45) is 0.724. The number of rotatable bonds is 7. The van der Waals surface area contributed by atoms with Crippen LogP contribution in [0.5, 0.6) is 0 Å². The number of ether oxygens (including phenoxy) is 1. The molecule has 2 N–H and O–H groups in total. The number of methoxy groups -OCH3 is 1. The summed E-state index contributed by atoms with van der Waals surface area (Å²) in [6.45, 7) is 0.350. The Kier molecular flexibility index (Phi) is 6.22. The van der Waals surface area contributed by atoms with Crippen molar-refractivity contribution in [3.63, 3.8) is 0 Å². The Balaban J connectivity index is 2.43. The van der Waals surface area contributed by atoms with E-state index >= 15 is 0 Å². The molecule has 0 radical (unpaired) electrons. The van der Waals surface area contributed by atoms with Crippen molar-refractivity contribution in [2.75, 3.05) is 13.7 Å². The number of hydrogen-bond acceptors (Lipinski definition) is 4. The average Bonchev–Trinajstić information content (AvgIpc) is 2.43. The van der Waals surface area contributed by atoms with Gasteiger partial charge in [-0.1, -0.05) is 18.2 Å². The number of carboxylic acid groups (broad SMARTS) is 1. The van der Waals surface area contributed by atoms with Crippen molar-refractivity contribution in [3.8, 4) is 0 Å². The maximum Gasteiger partial charge on any atom is 0.335 e. The van der Waals surface area contributed by atoms with Crippen LogP contribution in [0.2, 0.25) is 0 Å². The maximum absolute atomic E-state index is 11.7. The fourth-order valence-corrected chi connectivity index (χ4v) is 1.68. The Labute approximate surface area is 116 Å². The number of amides is 1. The zero-order chi connectivity index (χ0) is 15.0. The molecular formula is C14H17NO5. The summed E-state index contributed by atoms with van der Waals surface area (Å²) in [5.74, 6) is -1.65. The smallest absolute Gasteiger partial charge is 0.335 e. The van der Waals surface area contributed by atoms with Gasteiger partial charge in [0.05, 0.1) is 19.1 Å². The molecule has 6 heteroatoms. The van der Waals surface area contributed by atoms with Gasteiger partial charge in [0.25, 0.3) is 0 Å². The Morgan fingerprint density at radius 1 is 1.25 bits per heavy atom. The molecule has 0 heterocycles. The summed E-state index contributed by atoms with van der Waals surface area (Å²) in [6, 6.07) is 6.37. The van der Waals surface area contributed by atoms with Crippen LogP contribution in [0, 0.1) is 0 Å². The first-order chi connectivity index (χ1) is 9.54. The predicted molar refractivity (Wildman–Crippen MR) is 71.4 cm³/mol. The van der Waals surface area contributed by atoms with Gasteiger partial charge in [-0.05, 0) is 18.1 Å². The van der Waals surface area contributed by atoms with Crippen LogP contribution >= 0.6 is 0 Å². The lowest BCUT2D eigenvalue weighted by Gasteiger charge is -2.07. The Morgan fingerprint density at radius 3 is 2.60 bits per heavy atom. The quantitative estimate of drug-likeness (QED) is 0.573. The molecule has 20 heavy (non-hydrogen) atoms. The standard InChI is InChI=1S/C14H17NO5/c1-20-13(17)7-4-8-15-12(16)9-10-5-2-3-6-11(10)14(18)19/h2-3,5-6H,4,7-9H2,1H3,(H,15,16)(H,18,19). The summed E-state index contributed by atoms with van der Waals surface area (Å²) >= 11 is 0. The van der Waals surface area contributed by atoms with E-state index in [1.54, 1.807) is 18.2 Å². The molecule has 0 aliphatic heterocycles. The van der Waals surface area contributed by atoms with Gasteiger partial charge in [-0.15, -0.1) is 0 Å². The fraction of sp³-hybridized carbons (Fsp3) is 0.357. The Hall–Kier alpha value is -2.37. The molecule has 0 unspecified atom stereocenters. The fourth-order valence-electron chi connectivity index (χ4n) is 1.68. The van der Waals surface area contributed by atoms with Gasteiger partial charge in [-0.25, -0.2) is 4.79 Å². The number of benzene rings is 1. The Bertz CT molecular complexity index is 498.